The highest BCUT2D eigenvalue weighted by Crippen LogP contribution is 2.41. The van der Waals surface area contributed by atoms with Gasteiger partial charge in [-0.05, 0) is 50.0 Å². The maximum absolute atomic E-state index is 5.83. The number of hydrogen-bond donors (Lipinski definition) is 1. The predicted molar refractivity (Wildman–Crippen MR) is 81.5 cm³/mol. The fourth-order valence-corrected chi connectivity index (χ4v) is 3.16. The van der Waals surface area contributed by atoms with Crippen LogP contribution in [-0.2, 0) is 6.42 Å². The van der Waals surface area contributed by atoms with Crippen molar-refractivity contribution in [1.82, 2.24) is 4.90 Å². The molecule has 1 aliphatic rings. The highest BCUT2D eigenvalue weighted by Gasteiger charge is 2.32. The van der Waals surface area contributed by atoms with E-state index in [1.165, 1.54) is 11.1 Å². The Morgan fingerprint density at radius 3 is 2.45 bits per heavy atom. The summed E-state index contributed by atoms with van der Waals surface area (Å²) in [6, 6.07) is 4.61. The molecule has 2 unspecified atom stereocenters. The number of likely N-dealkylation sites (tertiary alicyclic amines) is 1. The molecule has 4 heteroatoms. The van der Waals surface area contributed by atoms with E-state index in [4.69, 9.17) is 15.2 Å². The summed E-state index contributed by atoms with van der Waals surface area (Å²) in [4.78, 5) is 2.36. The van der Waals surface area contributed by atoms with Crippen molar-refractivity contribution in [2.45, 2.75) is 25.8 Å². The van der Waals surface area contributed by atoms with E-state index in [-0.39, 0.29) is 0 Å². The number of rotatable bonds is 5. The summed E-state index contributed by atoms with van der Waals surface area (Å²) in [5.74, 6) is 2.47. The van der Waals surface area contributed by atoms with E-state index in [0.29, 0.717) is 12.0 Å². The van der Waals surface area contributed by atoms with Gasteiger partial charge in [0, 0.05) is 18.2 Å². The maximum Gasteiger partial charge on any atom is 0.124 e. The number of nitrogens with two attached hydrogens (primary N) is 1. The number of methoxy groups -OCH3 is 2. The molecule has 1 fully saturated rings. The van der Waals surface area contributed by atoms with Crippen LogP contribution in [0.1, 0.15) is 30.5 Å². The van der Waals surface area contributed by atoms with Crippen molar-refractivity contribution < 1.29 is 9.47 Å². The van der Waals surface area contributed by atoms with Gasteiger partial charge in [0.25, 0.3) is 0 Å². The molecule has 1 heterocycles. The van der Waals surface area contributed by atoms with Gasteiger partial charge in [-0.1, -0.05) is 6.92 Å². The molecule has 0 aromatic heterocycles. The van der Waals surface area contributed by atoms with Crippen molar-refractivity contribution in [3.8, 4) is 11.5 Å². The molecular formula is C16H26N2O2. The molecule has 2 atom stereocenters. The van der Waals surface area contributed by atoms with Crippen LogP contribution in [0.4, 0.5) is 0 Å². The maximum atomic E-state index is 5.83. The standard InChI is InChI=1S/C16H26N2O2/c1-5-12-7-16(20-4)13(8-15(12)19-3)14-6-11(9-17)10-18(14)2/h7-8,11,14H,5-6,9-10,17H2,1-4H3. The van der Waals surface area contributed by atoms with Crippen molar-refractivity contribution >= 4 is 0 Å². The highest BCUT2D eigenvalue weighted by molar-refractivity contribution is 5.48. The molecule has 0 aliphatic carbocycles. The van der Waals surface area contributed by atoms with Crippen LogP contribution in [0.15, 0.2) is 12.1 Å². The van der Waals surface area contributed by atoms with E-state index in [0.717, 1.165) is 37.4 Å². The van der Waals surface area contributed by atoms with Crippen LogP contribution in [0.5, 0.6) is 11.5 Å². The third-order valence-corrected chi connectivity index (χ3v) is 4.34. The molecule has 2 rings (SSSR count). The van der Waals surface area contributed by atoms with Crippen molar-refractivity contribution in [1.29, 1.82) is 0 Å². The SMILES string of the molecule is CCc1cc(OC)c(C2CC(CN)CN2C)cc1OC. The van der Waals surface area contributed by atoms with Crippen molar-refractivity contribution in [2.24, 2.45) is 11.7 Å². The molecule has 4 nitrogen and oxygen atoms in total. The zero-order valence-electron chi connectivity index (χ0n) is 13.0. The summed E-state index contributed by atoms with van der Waals surface area (Å²) in [5.41, 5.74) is 8.22. The molecule has 1 aromatic rings. The van der Waals surface area contributed by atoms with Crippen LogP contribution in [0.2, 0.25) is 0 Å². The van der Waals surface area contributed by atoms with E-state index in [9.17, 15) is 0 Å². The second-order valence-corrected chi connectivity index (χ2v) is 5.55. The van der Waals surface area contributed by atoms with Gasteiger partial charge in [-0.15, -0.1) is 0 Å². The van der Waals surface area contributed by atoms with Gasteiger partial charge < -0.3 is 15.2 Å². The van der Waals surface area contributed by atoms with Crippen LogP contribution in [-0.4, -0.2) is 39.3 Å². The summed E-state index contributed by atoms with van der Waals surface area (Å²) in [6.45, 7) is 3.92. The number of aryl methyl sites for hydroxylation is 1. The van der Waals surface area contributed by atoms with Gasteiger partial charge in [-0.25, -0.2) is 0 Å². The van der Waals surface area contributed by atoms with E-state index in [2.05, 4.69) is 31.0 Å². The van der Waals surface area contributed by atoms with Crippen LogP contribution in [0.25, 0.3) is 0 Å². The fraction of sp³-hybridized carbons (Fsp3) is 0.625. The Morgan fingerprint density at radius 2 is 1.95 bits per heavy atom. The van der Waals surface area contributed by atoms with Gasteiger partial charge in [0.15, 0.2) is 0 Å². The summed E-state index contributed by atoms with van der Waals surface area (Å²) in [5, 5.41) is 0. The van der Waals surface area contributed by atoms with Crippen LogP contribution in [0, 0.1) is 5.92 Å². The molecule has 0 radical (unpaired) electrons. The average molecular weight is 278 g/mol. The van der Waals surface area contributed by atoms with Crippen LogP contribution < -0.4 is 15.2 Å². The lowest BCUT2D eigenvalue weighted by Gasteiger charge is -2.23. The Kier molecular flexibility index (Phi) is 4.89. The zero-order chi connectivity index (χ0) is 14.7. The summed E-state index contributed by atoms with van der Waals surface area (Å²) >= 11 is 0. The molecule has 1 aliphatic heterocycles. The first-order valence-corrected chi connectivity index (χ1v) is 7.29. The molecule has 20 heavy (non-hydrogen) atoms. The van der Waals surface area contributed by atoms with Gasteiger partial charge in [0.1, 0.15) is 11.5 Å². The lowest BCUT2D eigenvalue weighted by molar-refractivity contribution is 0.301. The Labute approximate surface area is 121 Å². The molecule has 0 saturated carbocycles. The lowest BCUT2D eigenvalue weighted by atomic mass is 9.96. The summed E-state index contributed by atoms with van der Waals surface area (Å²) in [7, 11) is 5.62. The van der Waals surface area contributed by atoms with Gasteiger partial charge in [-0.2, -0.15) is 0 Å². The monoisotopic (exact) mass is 278 g/mol. The molecule has 1 saturated heterocycles. The zero-order valence-corrected chi connectivity index (χ0v) is 13.0. The third-order valence-electron chi connectivity index (χ3n) is 4.34. The quantitative estimate of drug-likeness (QED) is 0.897. The van der Waals surface area contributed by atoms with E-state index in [1.807, 2.05) is 0 Å². The number of hydrogen-bond acceptors (Lipinski definition) is 4. The number of ether oxygens (including phenoxy) is 2. The minimum atomic E-state index is 0.360. The second-order valence-electron chi connectivity index (χ2n) is 5.55. The van der Waals surface area contributed by atoms with Crippen LogP contribution in [0.3, 0.4) is 0 Å². The van der Waals surface area contributed by atoms with E-state index < -0.39 is 0 Å². The molecule has 0 bridgehead atoms. The normalized spacial score (nSPS) is 23.1. The Bertz CT molecular complexity index is 462. The lowest BCUT2D eigenvalue weighted by Crippen LogP contribution is -2.21. The first-order valence-electron chi connectivity index (χ1n) is 7.29. The first-order chi connectivity index (χ1) is 9.64. The average Bonchev–Trinajstić information content (AvgIpc) is 2.86. The minimum absolute atomic E-state index is 0.360. The van der Waals surface area contributed by atoms with Gasteiger partial charge in [0.2, 0.25) is 0 Å². The summed E-state index contributed by atoms with van der Waals surface area (Å²) < 4.78 is 11.1. The third kappa shape index (κ3) is 2.76. The van der Waals surface area contributed by atoms with Gasteiger partial charge >= 0.3 is 0 Å². The molecule has 2 N–H and O–H groups in total. The molecule has 1 aromatic carbocycles. The Morgan fingerprint density at radius 1 is 1.25 bits per heavy atom. The predicted octanol–water partition coefficient (Wildman–Crippen LogP) is 2.22. The van der Waals surface area contributed by atoms with Crippen molar-refractivity contribution in [2.75, 3.05) is 34.4 Å². The van der Waals surface area contributed by atoms with Crippen LogP contribution >= 0.6 is 0 Å². The summed E-state index contributed by atoms with van der Waals surface area (Å²) in [6.07, 6.45) is 2.02. The highest BCUT2D eigenvalue weighted by atomic mass is 16.5. The van der Waals surface area contributed by atoms with Gasteiger partial charge in [0.05, 0.1) is 14.2 Å². The molecule has 0 spiro atoms. The fourth-order valence-electron chi connectivity index (χ4n) is 3.16. The first kappa shape index (κ1) is 15.1. The largest absolute Gasteiger partial charge is 0.496 e. The molecule has 112 valence electrons. The van der Waals surface area contributed by atoms with Crippen molar-refractivity contribution in [3.05, 3.63) is 23.3 Å². The Hall–Kier alpha value is -1.26. The smallest absolute Gasteiger partial charge is 0.124 e. The Balaban J connectivity index is 2.39. The minimum Gasteiger partial charge on any atom is -0.496 e. The van der Waals surface area contributed by atoms with E-state index >= 15 is 0 Å². The number of benzene rings is 1. The topological polar surface area (TPSA) is 47.7 Å². The van der Waals surface area contributed by atoms with Crippen molar-refractivity contribution in [3.63, 3.8) is 0 Å². The van der Waals surface area contributed by atoms with Gasteiger partial charge in [-0.3, -0.25) is 4.90 Å². The molecule has 0 amide bonds. The van der Waals surface area contributed by atoms with E-state index in [1.54, 1.807) is 14.2 Å². The number of nitrogens with zero attached hydrogens (tertiary/aromatic N) is 1. The second kappa shape index (κ2) is 6.46. The molecular weight excluding hydrogens is 252 g/mol.